The van der Waals surface area contributed by atoms with Crippen molar-refractivity contribution < 1.29 is 0 Å². The molecule has 0 aliphatic carbocycles. The Morgan fingerprint density at radius 2 is 2.00 bits per heavy atom. The molecule has 0 aliphatic rings. The Labute approximate surface area is 79.5 Å². The average molecular weight is 179 g/mol. The van der Waals surface area contributed by atoms with Crippen LogP contribution in [0.3, 0.4) is 0 Å². The van der Waals surface area contributed by atoms with Crippen LogP contribution in [0.25, 0.3) is 0 Å². The highest BCUT2D eigenvalue weighted by molar-refractivity contribution is 5.23. The molecule has 0 unspecified atom stereocenters. The van der Waals surface area contributed by atoms with Crippen molar-refractivity contribution >= 4 is 0 Å². The van der Waals surface area contributed by atoms with E-state index in [1.165, 1.54) is 11.1 Å². The Morgan fingerprint density at radius 1 is 1.31 bits per heavy atom. The second kappa shape index (κ2) is 4.97. The van der Waals surface area contributed by atoms with Crippen molar-refractivity contribution in [2.75, 3.05) is 14.1 Å². The van der Waals surface area contributed by atoms with Crippen molar-refractivity contribution in [3.8, 4) is 0 Å². The third kappa shape index (κ3) is 3.55. The average Bonchev–Trinajstić information content (AvgIpc) is 2.04. The third-order valence-electron chi connectivity index (χ3n) is 1.80. The molecule has 0 bridgehead atoms. The molecule has 13 heavy (non-hydrogen) atoms. The lowest BCUT2D eigenvalue weighted by Crippen LogP contribution is -2.21. The first-order chi connectivity index (χ1) is 6.22. The van der Waals surface area contributed by atoms with Gasteiger partial charge in [-0.3, -0.25) is 11.3 Å². The molecule has 1 rings (SSSR count). The van der Waals surface area contributed by atoms with Crippen LogP contribution < -0.4 is 11.3 Å². The fourth-order valence-electron chi connectivity index (χ4n) is 1.32. The van der Waals surface area contributed by atoms with Crippen molar-refractivity contribution in [3.63, 3.8) is 0 Å². The third-order valence-corrected chi connectivity index (χ3v) is 1.80. The van der Waals surface area contributed by atoms with E-state index in [1.54, 1.807) is 0 Å². The maximum atomic E-state index is 5.25. The number of rotatable bonds is 4. The van der Waals surface area contributed by atoms with Crippen LogP contribution in [0.2, 0.25) is 0 Å². The van der Waals surface area contributed by atoms with E-state index in [9.17, 15) is 0 Å². The van der Waals surface area contributed by atoms with Crippen LogP contribution in [-0.4, -0.2) is 19.0 Å². The number of hydrogen-bond acceptors (Lipinski definition) is 3. The topological polar surface area (TPSA) is 41.3 Å². The number of benzene rings is 1. The van der Waals surface area contributed by atoms with Gasteiger partial charge in [0, 0.05) is 13.1 Å². The normalized spacial score (nSPS) is 10.8. The van der Waals surface area contributed by atoms with E-state index in [0.717, 1.165) is 13.1 Å². The summed E-state index contributed by atoms with van der Waals surface area (Å²) in [5.74, 6) is 5.25. The zero-order valence-electron chi connectivity index (χ0n) is 8.25. The van der Waals surface area contributed by atoms with Gasteiger partial charge >= 0.3 is 0 Å². The lowest BCUT2D eigenvalue weighted by Gasteiger charge is -2.10. The summed E-state index contributed by atoms with van der Waals surface area (Å²) in [6.07, 6.45) is 0. The first-order valence-electron chi connectivity index (χ1n) is 4.38. The van der Waals surface area contributed by atoms with Crippen LogP contribution >= 0.6 is 0 Å². The van der Waals surface area contributed by atoms with Gasteiger partial charge < -0.3 is 4.90 Å². The molecule has 0 aromatic heterocycles. The summed E-state index contributed by atoms with van der Waals surface area (Å²) >= 11 is 0. The van der Waals surface area contributed by atoms with Gasteiger partial charge in [-0.15, -0.1) is 0 Å². The van der Waals surface area contributed by atoms with Gasteiger partial charge in [-0.05, 0) is 25.2 Å². The lowest BCUT2D eigenvalue weighted by molar-refractivity contribution is 0.402. The Kier molecular flexibility index (Phi) is 3.89. The highest BCUT2D eigenvalue weighted by Crippen LogP contribution is 2.06. The molecule has 0 saturated heterocycles. The predicted molar refractivity (Wildman–Crippen MR) is 54.9 cm³/mol. The van der Waals surface area contributed by atoms with Crippen LogP contribution in [0.15, 0.2) is 24.3 Å². The second-order valence-electron chi connectivity index (χ2n) is 3.44. The van der Waals surface area contributed by atoms with Gasteiger partial charge in [0.05, 0.1) is 0 Å². The highest BCUT2D eigenvalue weighted by atomic mass is 15.2. The molecule has 72 valence electrons. The zero-order chi connectivity index (χ0) is 9.68. The van der Waals surface area contributed by atoms with Gasteiger partial charge in [-0.2, -0.15) is 0 Å². The summed E-state index contributed by atoms with van der Waals surface area (Å²) in [6.45, 7) is 1.69. The Morgan fingerprint density at radius 3 is 2.62 bits per heavy atom. The molecule has 0 atom stereocenters. The fourth-order valence-corrected chi connectivity index (χ4v) is 1.32. The van der Waals surface area contributed by atoms with Crippen molar-refractivity contribution in [3.05, 3.63) is 35.4 Å². The van der Waals surface area contributed by atoms with Gasteiger partial charge in [0.1, 0.15) is 0 Å². The van der Waals surface area contributed by atoms with Crippen molar-refractivity contribution in [2.24, 2.45) is 5.84 Å². The number of nitrogens with two attached hydrogens (primary N) is 1. The molecule has 0 fully saturated rings. The van der Waals surface area contributed by atoms with E-state index in [0.29, 0.717) is 0 Å². The quantitative estimate of drug-likeness (QED) is 0.528. The first-order valence-corrected chi connectivity index (χ1v) is 4.38. The minimum absolute atomic E-state index is 0.723. The van der Waals surface area contributed by atoms with Gasteiger partial charge in [-0.1, -0.05) is 24.3 Å². The molecule has 0 aliphatic heterocycles. The molecule has 0 radical (unpaired) electrons. The first kappa shape index (κ1) is 10.2. The molecular formula is C10H17N3. The Bertz CT molecular complexity index is 258. The number of nitrogens with zero attached hydrogens (tertiary/aromatic N) is 1. The summed E-state index contributed by atoms with van der Waals surface area (Å²) in [5.41, 5.74) is 5.19. The molecule has 1 aromatic rings. The monoisotopic (exact) mass is 179 g/mol. The lowest BCUT2D eigenvalue weighted by atomic mass is 10.1. The van der Waals surface area contributed by atoms with E-state index in [-0.39, 0.29) is 0 Å². The van der Waals surface area contributed by atoms with Crippen molar-refractivity contribution in [1.82, 2.24) is 10.3 Å². The number of nitrogens with one attached hydrogen (secondary N) is 1. The molecule has 0 heterocycles. The smallest absolute Gasteiger partial charge is 0.0348 e. The largest absolute Gasteiger partial charge is 0.305 e. The van der Waals surface area contributed by atoms with E-state index in [1.807, 2.05) is 0 Å². The van der Waals surface area contributed by atoms with Gasteiger partial charge in [-0.25, -0.2) is 0 Å². The van der Waals surface area contributed by atoms with E-state index >= 15 is 0 Å². The van der Waals surface area contributed by atoms with Crippen LogP contribution in [-0.2, 0) is 13.1 Å². The number of hydrogen-bond donors (Lipinski definition) is 2. The van der Waals surface area contributed by atoms with E-state index < -0.39 is 0 Å². The van der Waals surface area contributed by atoms with Crippen molar-refractivity contribution in [1.29, 1.82) is 0 Å². The predicted octanol–water partition coefficient (Wildman–Crippen LogP) is 0.712. The molecule has 0 spiro atoms. The fraction of sp³-hybridized carbons (Fsp3) is 0.400. The Hall–Kier alpha value is -0.900. The highest BCUT2D eigenvalue weighted by Gasteiger charge is 1.96. The summed E-state index contributed by atoms with van der Waals surface area (Å²) in [7, 11) is 4.13. The summed E-state index contributed by atoms with van der Waals surface area (Å²) in [6, 6.07) is 8.42. The van der Waals surface area contributed by atoms with Crippen LogP contribution in [0.4, 0.5) is 0 Å². The summed E-state index contributed by atoms with van der Waals surface area (Å²) in [5, 5.41) is 0. The molecular weight excluding hydrogens is 162 g/mol. The minimum Gasteiger partial charge on any atom is -0.305 e. The summed E-state index contributed by atoms with van der Waals surface area (Å²) < 4.78 is 0. The molecule has 3 N–H and O–H groups in total. The van der Waals surface area contributed by atoms with Crippen LogP contribution in [0.5, 0.6) is 0 Å². The summed E-state index contributed by atoms with van der Waals surface area (Å²) in [4.78, 5) is 2.15. The van der Waals surface area contributed by atoms with Gasteiger partial charge in [0.2, 0.25) is 0 Å². The maximum absolute atomic E-state index is 5.25. The van der Waals surface area contributed by atoms with Crippen molar-refractivity contribution in [2.45, 2.75) is 13.1 Å². The Balaban J connectivity index is 2.67. The molecule has 3 nitrogen and oxygen atoms in total. The molecule has 1 aromatic carbocycles. The second-order valence-corrected chi connectivity index (χ2v) is 3.44. The van der Waals surface area contributed by atoms with Gasteiger partial charge in [0.25, 0.3) is 0 Å². The minimum atomic E-state index is 0.723. The van der Waals surface area contributed by atoms with E-state index in [4.69, 9.17) is 5.84 Å². The van der Waals surface area contributed by atoms with Crippen LogP contribution in [0.1, 0.15) is 11.1 Å². The standard InChI is InChI=1S/C10H17N3/c1-13(2)8-10-5-3-4-9(6-10)7-12-11/h3-6,12H,7-8,11H2,1-2H3. The molecule has 0 amide bonds. The number of hydrazine groups is 1. The van der Waals surface area contributed by atoms with Crippen LogP contribution in [0, 0.1) is 0 Å². The molecule has 0 saturated carbocycles. The van der Waals surface area contributed by atoms with Gasteiger partial charge in [0.15, 0.2) is 0 Å². The van der Waals surface area contributed by atoms with E-state index in [2.05, 4.69) is 48.7 Å². The molecule has 3 heteroatoms. The SMILES string of the molecule is CN(C)Cc1cccc(CNN)c1. The maximum Gasteiger partial charge on any atom is 0.0348 e. The zero-order valence-corrected chi connectivity index (χ0v) is 8.25.